The summed E-state index contributed by atoms with van der Waals surface area (Å²) in [4.78, 5) is 8.60. The van der Waals surface area contributed by atoms with E-state index in [0.717, 1.165) is 11.9 Å². The molecule has 1 N–H and O–H groups in total. The van der Waals surface area contributed by atoms with Crippen LogP contribution in [0, 0.1) is 16.7 Å². The van der Waals surface area contributed by atoms with Crippen molar-refractivity contribution in [3.63, 3.8) is 0 Å². The molecule has 3 rings (SSSR count). The average Bonchev–Trinajstić information content (AvgIpc) is 2.77. The van der Waals surface area contributed by atoms with Crippen molar-refractivity contribution in [3.05, 3.63) is 18.5 Å². The van der Waals surface area contributed by atoms with Crippen molar-refractivity contribution in [2.24, 2.45) is 16.7 Å². The lowest BCUT2D eigenvalue weighted by Gasteiger charge is -2.43. The zero-order valence-electron chi connectivity index (χ0n) is 10.9. The van der Waals surface area contributed by atoms with Crippen LogP contribution in [0.3, 0.4) is 0 Å². The number of hydrogen-bond acceptors (Lipinski definition) is 3. The van der Waals surface area contributed by atoms with Gasteiger partial charge in [0.25, 0.3) is 0 Å². The summed E-state index contributed by atoms with van der Waals surface area (Å²) in [6.07, 6.45) is 7.68. The van der Waals surface area contributed by atoms with E-state index in [4.69, 9.17) is 0 Å². The fourth-order valence-electron chi connectivity index (χ4n) is 4.16. The summed E-state index contributed by atoms with van der Waals surface area (Å²) < 4.78 is 0. The van der Waals surface area contributed by atoms with Crippen LogP contribution in [-0.2, 0) is 0 Å². The first-order chi connectivity index (χ1) is 8.02. The molecule has 2 saturated carbocycles. The summed E-state index contributed by atoms with van der Waals surface area (Å²) in [5.41, 5.74) is 0.777. The van der Waals surface area contributed by atoms with Gasteiger partial charge in [-0.15, -0.1) is 0 Å². The van der Waals surface area contributed by atoms with Gasteiger partial charge in [-0.1, -0.05) is 20.8 Å². The number of hydrogen-bond donors (Lipinski definition) is 1. The minimum Gasteiger partial charge on any atom is -0.350 e. The van der Waals surface area contributed by atoms with Crippen LogP contribution in [0.15, 0.2) is 18.5 Å². The van der Waals surface area contributed by atoms with E-state index in [9.17, 15) is 0 Å². The van der Waals surface area contributed by atoms with Gasteiger partial charge in [0.15, 0.2) is 0 Å². The number of fused-ring (bicyclic) bond motifs is 2. The van der Waals surface area contributed by atoms with Crippen LogP contribution in [0.1, 0.15) is 40.0 Å². The molecule has 2 aliphatic rings. The molecule has 92 valence electrons. The molecular weight excluding hydrogens is 210 g/mol. The standard InChI is InChI=1S/C14H21N3/c1-13(2)10-5-6-14(3,9-10)11(13)17-12-15-7-4-8-16-12/h4,7-8,10-11H,5-6,9H2,1-3H3,(H,15,16,17). The average molecular weight is 231 g/mol. The Bertz CT molecular complexity index is 410. The first-order valence-electron chi connectivity index (χ1n) is 6.56. The minimum absolute atomic E-state index is 0.353. The third kappa shape index (κ3) is 1.55. The number of nitrogens with one attached hydrogen (secondary N) is 1. The van der Waals surface area contributed by atoms with Crippen LogP contribution in [0.2, 0.25) is 0 Å². The number of aromatic nitrogens is 2. The van der Waals surface area contributed by atoms with E-state index in [-0.39, 0.29) is 0 Å². The van der Waals surface area contributed by atoms with E-state index in [1.165, 1.54) is 19.3 Å². The Hall–Kier alpha value is -1.12. The number of anilines is 1. The molecule has 2 aliphatic carbocycles. The topological polar surface area (TPSA) is 37.8 Å². The maximum absolute atomic E-state index is 4.30. The summed E-state index contributed by atoms with van der Waals surface area (Å²) >= 11 is 0. The fourth-order valence-corrected chi connectivity index (χ4v) is 4.16. The second kappa shape index (κ2) is 3.44. The summed E-state index contributed by atoms with van der Waals surface area (Å²) in [5.74, 6) is 1.63. The van der Waals surface area contributed by atoms with Gasteiger partial charge >= 0.3 is 0 Å². The smallest absolute Gasteiger partial charge is 0.222 e. The lowest BCUT2D eigenvalue weighted by atomic mass is 9.68. The lowest BCUT2D eigenvalue weighted by Crippen LogP contribution is -2.46. The Kier molecular flexibility index (Phi) is 2.22. The Morgan fingerprint density at radius 3 is 2.53 bits per heavy atom. The molecule has 0 amide bonds. The Morgan fingerprint density at radius 2 is 1.94 bits per heavy atom. The van der Waals surface area contributed by atoms with E-state index >= 15 is 0 Å². The summed E-state index contributed by atoms with van der Waals surface area (Å²) in [5, 5.41) is 3.58. The Morgan fingerprint density at radius 1 is 1.24 bits per heavy atom. The Balaban J connectivity index is 1.88. The van der Waals surface area contributed by atoms with Crippen molar-refractivity contribution >= 4 is 5.95 Å². The molecule has 2 fully saturated rings. The third-order valence-corrected chi connectivity index (χ3v) is 5.11. The SMILES string of the molecule is CC12CCC(C1)C(C)(C)C2Nc1ncccn1. The molecular formula is C14H21N3. The van der Waals surface area contributed by atoms with Gasteiger partial charge < -0.3 is 5.32 Å². The summed E-state index contributed by atoms with van der Waals surface area (Å²) in [6, 6.07) is 2.36. The van der Waals surface area contributed by atoms with Crippen molar-refractivity contribution in [1.82, 2.24) is 9.97 Å². The van der Waals surface area contributed by atoms with Crippen LogP contribution < -0.4 is 5.32 Å². The molecule has 1 heterocycles. The van der Waals surface area contributed by atoms with Crippen molar-refractivity contribution in [2.75, 3.05) is 5.32 Å². The first kappa shape index (κ1) is 11.0. The molecule has 0 aliphatic heterocycles. The molecule has 3 unspecified atom stereocenters. The maximum Gasteiger partial charge on any atom is 0.222 e. The van der Waals surface area contributed by atoms with Gasteiger partial charge in [0.2, 0.25) is 5.95 Å². The zero-order valence-corrected chi connectivity index (χ0v) is 10.9. The molecule has 0 spiro atoms. The molecule has 2 bridgehead atoms. The second-order valence-corrected chi connectivity index (χ2v) is 6.56. The van der Waals surface area contributed by atoms with E-state index in [1.807, 2.05) is 6.07 Å². The van der Waals surface area contributed by atoms with Crippen LogP contribution in [0.25, 0.3) is 0 Å². The van der Waals surface area contributed by atoms with Crippen molar-refractivity contribution < 1.29 is 0 Å². The molecule has 0 saturated heterocycles. The summed E-state index contributed by atoms with van der Waals surface area (Å²) in [6.45, 7) is 7.20. The molecule has 3 nitrogen and oxygen atoms in total. The highest BCUT2D eigenvalue weighted by Gasteiger charge is 2.59. The van der Waals surface area contributed by atoms with Gasteiger partial charge in [-0.2, -0.15) is 0 Å². The molecule has 17 heavy (non-hydrogen) atoms. The molecule has 0 radical (unpaired) electrons. The highest BCUT2D eigenvalue weighted by Crippen LogP contribution is 2.62. The predicted molar refractivity (Wildman–Crippen MR) is 68.7 cm³/mol. The Labute approximate surface area is 103 Å². The largest absolute Gasteiger partial charge is 0.350 e. The normalized spacial score (nSPS) is 38.3. The van der Waals surface area contributed by atoms with E-state index in [0.29, 0.717) is 16.9 Å². The van der Waals surface area contributed by atoms with Crippen LogP contribution in [-0.4, -0.2) is 16.0 Å². The van der Waals surface area contributed by atoms with E-state index in [1.54, 1.807) is 12.4 Å². The predicted octanol–water partition coefficient (Wildman–Crippen LogP) is 3.10. The van der Waals surface area contributed by atoms with Crippen molar-refractivity contribution in [1.29, 1.82) is 0 Å². The molecule has 3 atom stereocenters. The molecule has 0 aromatic carbocycles. The van der Waals surface area contributed by atoms with Crippen LogP contribution in [0.4, 0.5) is 5.95 Å². The van der Waals surface area contributed by atoms with Gasteiger partial charge in [0.1, 0.15) is 0 Å². The van der Waals surface area contributed by atoms with Gasteiger partial charge in [-0.3, -0.25) is 0 Å². The van der Waals surface area contributed by atoms with E-state index in [2.05, 4.69) is 36.1 Å². The monoisotopic (exact) mass is 231 g/mol. The number of nitrogens with zero attached hydrogens (tertiary/aromatic N) is 2. The highest BCUT2D eigenvalue weighted by molar-refractivity contribution is 5.30. The highest BCUT2D eigenvalue weighted by atomic mass is 15.1. The minimum atomic E-state index is 0.353. The zero-order chi connectivity index (χ0) is 12.1. The van der Waals surface area contributed by atoms with E-state index < -0.39 is 0 Å². The fraction of sp³-hybridized carbons (Fsp3) is 0.714. The van der Waals surface area contributed by atoms with Crippen LogP contribution in [0.5, 0.6) is 0 Å². The second-order valence-electron chi connectivity index (χ2n) is 6.56. The first-order valence-corrected chi connectivity index (χ1v) is 6.56. The lowest BCUT2D eigenvalue weighted by molar-refractivity contribution is 0.155. The number of rotatable bonds is 2. The van der Waals surface area contributed by atoms with Gasteiger partial charge in [0.05, 0.1) is 0 Å². The molecule has 1 aromatic heterocycles. The summed E-state index contributed by atoms with van der Waals surface area (Å²) in [7, 11) is 0. The van der Waals surface area contributed by atoms with Gasteiger partial charge in [0, 0.05) is 18.4 Å². The maximum atomic E-state index is 4.30. The van der Waals surface area contributed by atoms with Gasteiger partial charge in [-0.25, -0.2) is 9.97 Å². The molecule has 3 heteroatoms. The quantitative estimate of drug-likeness (QED) is 0.850. The van der Waals surface area contributed by atoms with Crippen molar-refractivity contribution in [3.8, 4) is 0 Å². The van der Waals surface area contributed by atoms with Gasteiger partial charge in [-0.05, 0) is 42.1 Å². The third-order valence-electron chi connectivity index (χ3n) is 5.11. The van der Waals surface area contributed by atoms with Crippen molar-refractivity contribution in [2.45, 2.75) is 46.1 Å². The van der Waals surface area contributed by atoms with Crippen LogP contribution >= 0.6 is 0 Å². The molecule has 1 aromatic rings.